The molecule has 1 aliphatic heterocycles. The zero-order valence-electron chi connectivity index (χ0n) is 30.7. The van der Waals surface area contributed by atoms with Crippen molar-refractivity contribution < 1.29 is 38.5 Å². The summed E-state index contributed by atoms with van der Waals surface area (Å²) in [6.07, 6.45) is 14.5. The zero-order valence-corrected chi connectivity index (χ0v) is 30.7. The average Bonchev–Trinajstić information content (AvgIpc) is 3.79. The third-order valence-corrected chi connectivity index (χ3v) is 16.6. The molecule has 272 valence electrons. The van der Waals surface area contributed by atoms with E-state index in [2.05, 4.69) is 32.1 Å². The summed E-state index contributed by atoms with van der Waals surface area (Å²) < 4.78 is 17.2. The van der Waals surface area contributed by atoms with Gasteiger partial charge in [-0.1, -0.05) is 45.9 Å². The molecule has 1 amide bonds. The van der Waals surface area contributed by atoms with Gasteiger partial charge in [-0.15, -0.1) is 0 Å². The molecule has 7 aliphatic carbocycles. The Balaban J connectivity index is 1.19. The second-order valence-corrected chi connectivity index (χ2v) is 18.4. The van der Waals surface area contributed by atoms with Crippen LogP contribution in [0, 0.1) is 44.3 Å². The summed E-state index contributed by atoms with van der Waals surface area (Å²) in [5.74, 6) is -0.249. The van der Waals surface area contributed by atoms with Gasteiger partial charge in [-0.05, 0) is 101 Å². The summed E-state index contributed by atoms with van der Waals surface area (Å²) in [6, 6.07) is 3.48. The first kappa shape index (κ1) is 34.3. The molecule has 1 aromatic rings. The SMILES string of the molecule is COCCCN(CC1(O)CCC2C34C=CC5(C=C3C(=O)c3ccco3)CC(O)CCC5(C)C4CCC21C)C(=O)C12CCC(C)(C(=O)O1)C2(C)C. The Kier molecular flexibility index (Phi) is 7.32. The maximum absolute atomic E-state index is 14.9. The Hall–Kier alpha value is -2.75. The monoisotopic (exact) mass is 689 g/mol. The van der Waals surface area contributed by atoms with E-state index in [1.54, 1.807) is 24.1 Å². The number of hydrogen-bond acceptors (Lipinski definition) is 8. The average molecular weight is 690 g/mol. The summed E-state index contributed by atoms with van der Waals surface area (Å²) >= 11 is 0. The van der Waals surface area contributed by atoms with Gasteiger partial charge in [-0.25, -0.2) is 0 Å². The van der Waals surface area contributed by atoms with E-state index in [0.717, 1.165) is 31.3 Å². The molecule has 50 heavy (non-hydrogen) atoms. The van der Waals surface area contributed by atoms with E-state index >= 15 is 0 Å². The number of esters is 1. The molecule has 10 unspecified atom stereocenters. The third-order valence-electron chi connectivity index (χ3n) is 16.6. The summed E-state index contributed by atoms with van der Waals surface area (Å²) in [4.78, 5) is 44.4. The summed E-state index contributed by atoms with van der Waals surface area (Å²) in [6.45, 7) is 11.4. The lowest BCUT2D eigenvalue weighted by atomic mass is 9.32. The minimum absolute atomic E-state index is 0.0632. The highest BCUT2D eigenvalue weighted by atomic mass is 16.6. The number of carbonyl (C=O) groups excluding carboxylic acids is 3. The highest BCUT2D eigenvalue weighted by Gasteiger charge is 2.78. The molecular weight excluding hydrogens is 634 g/mol. The molecule has 0 radical (unpaired) electrons. The molecule has 1 saturated heterocycles. The van der Waals surface area contributed by atoms with E-state index < -0.39 is 44.4 Å². The molecule has 8 aliphatic rings. The Morgan fingerprint density at radius 2 is 1.70 bits per heavy atom. The Bertz CT molecular complexity index is 1680. The number of ether oxygens (including phenoxy) is 2. The van der Waals surface area contributed by atoms with E-state index in [-0.39, 0.29) is 41.5 Å². The highest BCUT2D eigenvalue weighted by Crippen LogP contribution is 2.78. The van der Waals surface area contributed by atoms with Crippen LogP contribution in [0.2, 0.25) is 0 Å². The number of furan rings is 1. The van der Waals surface area contributed by atoms with Gasteiger partial charge in [0.2, 0.25) is 5.78 Å². The van der Waals surface area contributed by atoms with Crippen molar-refractivity contribution in [3.05, 3.63) is 48.0 Å². The topological polar surface area (TPSA) is 127 Å². The lowest BCUT2D eigenvalue weighted by Gasteiger charge is -2.71. The van der Waals surface area contributed by atoms with E-state index in [1.165, 1.54) is 6.26 Å². The number of fused-ring (bicyclic) bond motifs is 3. The minimum Gasteiger partial charge on any atom is -0.461 e. The van der Waals surface area contributed by atoms with Crippen molar-refractivity contribution in [3.63, 3.8) is 0 Å². The summed E-state index contributed by atoms with van der Waals surface area (Å²) in [7, 11) is 1.64. The fourth-order valence-corrected chi connectivity index (χ4v) is 13.1. The molecule has 4 bridgehead atoms. The molecule has 5 fully saturated rings. The van der Waals surface area contributed by atoms with Crippen molar-refractivity contribution in [1.29, 1.82) is 0 Å². The molecule has 1 aromatic heterocycles. The molecule has 0 aromatic carbocycles. The van der Waals surface area contributed by atoms with Crippen molar-refractivity contribution >= 4 is 17.7 Å². The number of aliphatic hydroxyl groups excluding tert-OH is 1. The van der Waals surface area contributed by atoms with Gasteiger partial charge in [-0.3, -0.25) is 14.4 Å². The van der Waals surface area contributed by atoms with Crippen molar-refractivity contribution in [3.8, 4) is 0 Å². The molecule has 4 saturated carbocycles. The number of carbonyl (C=O) groups is 3. The van der Waals surface area contributed by atoms with Gasteiger partial charge in [0.1, 0.15) is 0 Å². The number of ketones is 1. The predicted molar refractivity (Wildman–Crippen MR) is 185 cm³/mol. The van der Waals surface area contributed by atoms with Gasteiger partial charge in [0.25, 0.3) is 5.91 Å². The lowest BCUT2D eigenvalue weighted by Crippen LogP contribution is -2.68. The van der Waals surface area contributed by atoms with Gasteiger partial charge in [0, 0.05) is 47.5 Å². The number of amides is 1. The molecule has 10 atom stereocenters. The van der Waals surface area contributed by atoms with Crippen molar-refractivity contribution in [2.24, 2.45) is 44.3 Å². The molecule has 2 N–H and O–H groups in total. The normalized spacial score (nSPS) is 46.2. The van der Waals surface area contributed by atoms with Crippen LogP contribution in [0.1, 0.15) is 109 Å². The van der Waals surface area contributed by atoms with Crippen LogP contribution >= 0.6 is 0 Å². The van der Waals surface area contributed by atoms with E-state index in [4.69, 9.17) is 13.9 Å². The number of rotatable bonds is 9. The van der Waals surface area contributed by atoms with E-state index in [1.807, 2.05) is 20.8 Å². The second-order valence-electron chi connectivity index (χ2n) is 18.4. The molecule has 2 heterocycles. The lowest BCUT2D eigenvalue weighted by molar-refractivity contribution is -0.187. The summed E-state index contributed by atoms with van der Waals surface area (Å²) in [5.41, 5.74) is -5.04. The van der Waals surface area contributed by atoms with Crippen LogP contribution in [-0.2, 0) is 19.1 Å². The van der Waals surface area contributed by atoms with Gasteiger partial charge in [-0.2, -0.15) is 0 Å². The van der Waals surface area contributed by atoms with E-state index in [9.17, 15) is 24.6 Å². The van der Waals surface area contributed by atoms with Crippen LogP contribution in [0.25, 0.3) is 0 Å². The highest BCUT2D eigenvalue weighted by molar-refractivity contribution is 6.08. The second kappa shape index (κ2) is 10.7. The maximum Gasteiger partial charge on any atom is 0.313 e. The first-order chi connectivity index (χ1) is 23.5. The van der Waals surface area contributed by atoms with Gasteiger partial charge in [0.05, 0.1) is 29.9 Å². The van der Waals surface area contributed by atoms with Crippen LogP contribution in [0.4, 0.5) is 0 Å². The fourth-order valence-electron chi connectivity index (χ4n) is 13.1. The van der Waals surface area contributed by atoms with Crippen molar-refractivity contribution in [2.75, 3.05) is 26.8 Å². The Labute approximate surface area is 295 Å². The number of Topliss-reactive ketones (excluding diaryl/α,β-unsaturated/α-hetero) is 1. The molecule has 9 rings (SSSR count). The predicted octanol–water partition coefficient (Wildman–Crippen LogP) is 6.04. The smallest absolute Gasteiger partial charge is 0.313 e. The van der Waals surface area contributed by atoms with Crippen molar-refractivity contribution in [1.82, 2.24) is 4.90 Å². The third kappa shape index (κ3) is 3.87. The van der Waals surface area contributed by atoms with Crippen LogP contribution in [-0.4, -0.2) is 76.9 Å². The molecule has 9 nitrogen and oxygen atoms in total. The first-order valence-corrected chi connectivity index (χ1v) is 19.0. The molecule has 2 spiro atoms. The standard InChI is InChI=1S/C41H55NO8/c1-34(2)37(5)16-19-41(34,50-33(37)46)32(45)42(20-8-21-48-6)25-39(47)15-12-30-36(39,4)14-11-29-35(3)13-10-26(43)23-38(35)17-18-40(29,30)27(24-38)31(44)28-9-7-22-49-28/h7,9,17-18,22,24,26,29-30,43,47H,8,10-16,19-21,23,25H2,1-6H3. The zero-order chi connectivity index (χ0) is 35.8. The largest absolute Gasteiger partial charge is 0.461 e. The van der Waals surface area contributed by atoms with Gasteiger partial charge in [0.15, 0.2) is 11.4 Å². The molecular formula is C41H55NO8. The van der Waals surface area contributed by atoms with Gasteiger partial charge < -0.3 is 29.0 Å². The number of methoxy groups -OCH3 is 1. The number of aliphatic hydroxyl groups is 2. The number of nitrogens with zero attached hydrogens (tertiary/aromatic N) is 1. The quantitative estimate of drug-likeness (QED) is 0.139. The Morgan fingerprint density at radius 1 is 0.980 bits per heavy atom. The maximum atomic E-state index is 14.9. The van der Waals surface area contributed by atoms with Crippen LogP contribution in [0.3, 0.4) is 0 Å². The minimum atomic E-state index is -1.28. The Morgan fingerprint density at radius 3 is 2.36 bits per heavy atom. The van der Waals surface area contributed by atoms with E-state index in [0.29, 0.717) is 57.4 Å². The molecule has 9 heteroatoms. The van der Waals surface area contributed by atoms with Crippen LogP contribution in [0.15, 0.2) is 46.6 Å². The van der Waals surface area contributed by atoms with Crippen LogP contribution in [0.5, 0.6) is 0 Å². The summed E-state index contributed by atoms with van der Waals surface area (Å²) in [5, 5.41) is 24.1. The number of allylic oxidation sites excluding steroid dienone is 4. The fraction of sp³-hybridized carbons (Fsp3) is 0.732. The first-order valence-electron chi connectivity index (χ1n) is 19.0. The van der Waals surface area contributed by atoms with Crippen molar-refractivity contribution in [2.45, 2.75) is 116 Å². The van der Waals surface area contributed by atoms with Crippen LogP contribution < -0.4 is 0 Å². The number of hydrogen-bond donors (Lipinski definition) is 2. The van der Waals surface area contributed by atoms with Gasteiger partial charge >= 0.3 is 5.97 Å².